The Bertz CT molecular complexity index is 70.1. The van der Waals surface area contributed by atoms with Crippen LogP contribution < -0.4 is 5.73 Å². The van der Waals surface area contributed by atoms with Crippen molar-refractivity contribution in [3.63, 3.8) is 0 Å². The van der Waals surface area contributed by atoms with E-state index in [1.54, 1.807) is 0 Å². The molecule has 0 aromatic carbocycles. The highest BCUT2D eigenvalue weighted by Gasteiger charge is 2.03. The molecule has 0 aromatic rings. The van der Waals surface area contributed by atoms with Crippen molar-refractivity contribution in [2.24, 2.45) is 0 Å². The fraction of sp³-hybridized carbons (Fsp3) is 0.750. The van der Waals surface area contributed by atoms with E-state index in [4.69, 9.17) is 10.8 Å². The number of aliphatic hydroxyl groups excluding tert-OH is 1. The maximum Gasteiger partial charge on any atom is 0.176 e. The third kappa shape index (κ3) is 2.31. The molecule has 2 N–H and O–H groups in total. The van der Waals surface area contributed by atoms with Gasteiger partial charge in [0.25, 0.3) is 0 Å². The molecule has 1 unspecified atom stereocenters. The number of aliphatic hydroxyl groups is 1. The van der Waals surface area contributed by atoms with Gasteiger partial charge in [0.15, 0.2) is 5.78 Å². The second-order valence-electron chi connectivity index (χ2n) is 1.35. The molecule has 41 valence electrons. The average Bonchev–Trinajstić information content (AvgIpc) is 1.65. The van der Waals surface area contributed by atoms with Crippen LogP contribution in [-0.4, -0.2) is 23.5 Å². The van der Waals surface area contributed by atoms with Crippen LogP contribution in [0.5, 0.6) is 0 Å². The lowest BCUT2D eigenvalue weighted by Gasteiger charge is -1.94. The summed E-state index contributed by atoms with van der Waals surface area (Å²) in [7, 11) is 0. The summed E-state index contributed by atoms with van der Waals surface area (Å²) in [6.07, 6.45) is 0. The molecule has 0 aliphatic carbocycles. The summed E-state index contributed by atoms with van der Waals surface area (Å²) in [6, 6.07) is -0.773. The van der Waals surface area contributed by atoms with E-state index in [9.17, 15) is 4.79 Å². The molecule has 0 spiro atoms. The molecule has 0 aliphatic rings. The van der Waals surface area contributed by atoms with Crippen molar-refractivity contribution in [3.05, 3.63) is 0 Å². The predicted octanol–water partition coefficient (Wildman–Crippen LogP) is -0.781. The van der Waals surface area contributed by atoms with Gasteiger partial charge >= 0.3 is 0 Å². The summed E-state index contributed by atoms with van der Waals surface area (Å²) < 4.78 is 0. The van der Waals surface area contributed by atoms with Gasteiger partial charge in [0.05, 0.1) is 6.04 Å². The van der Waals surface area contributed by atoms with Gasteiger partial charge in [0, 0.05) is 0 Å². The Morgan fingerprint density at radius 2 is 2.43 bits per heavy atom. The number of hydrogen-bond donors (Lipinski definition) is 1. The summed E-state index contributed by atoms with van der Waals surface area (Å²) in [5, 5.41) is 8.04. The van der Waals surface area contributed by atoms with E-state index in [1.807, 2.05) is 0 Å². The van der Waals surface area contributed by atoms with Gasteiger partial charge in [-0.15, -0.1) is 0 Å². The molecular formula is C4H8NO2. The summed E-state index contributed by atoms with van der Waals surface area (Å²) in [6.45, 7) is 0.920. The van der Waals surface area contributed by atoms with Crippen molar-refractivity contribution < 1.29 is 9.90 Å². The zero-order chi connectivity index (χ0) is 5.86. The molecule has 0 rings (SSSR count). The smallest absolute Gasteiger partial charge is 0.176 e. The van der Waals surface area contributed by atoms with E-state index in [0.29, 0.717) is 0 Å². The summed E-state index contributed by atoms with van der Waals surface area (Å²) >= 11 is 0. The monoisotopic (exact) mass is 102 g/mol. The molecule has 0 saturated heterocycles. The molecule has 7 heavy (non-hydrogen) atoms. The lowest BCUT2D eigenvalue weighted by Crippen LogP contribution is -2.20. The zero-order valence-electron chi connectivity index (χ0n) is 4.14. The molecule has 1 radical (unpaired) electrons. The van der Waals surface area contributed by atoms with E-state index < -0.39 is 18.4 Å². The molecular weight excluding hydrogens is 94.0 g/mol. The Hall–Kier alpha value is -0.410. The largest absolute Gasteiger partial charge is 0.389 e. The number of Topliss-reactive ketones (excluding diaryl/α,β-unsaturated/α-hetero) is 1. The number of nitrogens with one attached hydrogen (secondary N) is 1. The first kappa shape index (κ1) is 6.59. The van der Waals surface area contributed by atoms with Crippen molar-refractivity contribution >= 4 is 5.78 Å². The fourth-order valence-corrected chi connectivity index (χ4v) is 0.137. The minimum atomic E-state index is -0.773. The van der Waals surface area contributed by atoms with Crippen LogP contribution in [0.2, 0.25) is 0 Å². The Balaban J connectivity index is 3.35. The van der Waals surface area contributed by atoms with Crippen LogP contribution in [-0.2, 0) is 4.79 Å². The van der Waals surface area contributed by atoms with Crippen LogP contribution in [0.3, 0.4) is 0 Å². The summed E-state index contributed by atoms with van der Waals surface area (Å²) in [5.41, 5.74) is 6.67. The van der Waals surface area contributed by atoms with Gasteiger partial charge in [0.2, 0.25) is 0 Å². The second-order valence-corrected chi connectivity index (χ2v) is 1.35. The van der Waals surface area contributed by atoms with Crippen molar-refractivity contribution in [3.8, 4) is 0 Å². The van der Waals surface area contributed by atoms with Crippen LogP contribution in [0.4, 0.5) is 0 Å². The molecule has 0 aliphatic heterocycles. The maximum absolute atomic E-state index is 10.1. The highest BCUT2D eigenvalue weighted by molar-refractivity contribution is 5.84. The number of ketones is 1. The lowest BCUT2D eigenvalue weighted by molar-refractivity contribution is -0.122. The Morgan fingerprint density at radius 3 is 2.43 bits per heavy atom. The van der Waals surface area contributed by atoms with E-state index >= 15 is 0 Å². The number of carbonyl (C=O) groups is 1. The van der Waals surface area contributed by atoms with E-state index in [2.05, 4.69) is 0 Å². The van der Waals surface area contributed by atoms with Gasteiger partial charge < -0.3 is 5.11 Å². The van der Waals surface area contributed by atoms with Crippen LogP contribution in [0.1, 0.15) is 6.92 Å². The lowest BCUT2D eigenvalue weighted by atomic mass is 10.2. The van der Waals surface area contributed by atoms with Gasteiger partial charge in [-0.3, -0.25) is 4.79 Å². The van der Waals surface area contributed by atoms with E-state index in [1.165, 1.54) is 6.92 Å². The molecule has 0 amide bonds. The Morgan fingerprint density at radius 1 is 2.00 bits per heavy atom. The Kier molecular flexibility index (Phi) is 2.55. The Labute approximate surface area is 42.1 Å². The predicted molar refractivity (Wildman–Crippen MR) is 24.7 cm³/mol. The van der Waals surface area contributed by atoms with E-state index in [-0.39, 0.29) is 0 Å². The highest BCUT2D eigenvalue weighted by Crippen LogP contribution is 1.77. The van der Waals surface area contributed by atoms with Crippen LogP contribution >= 0.6 is 0 Å². The van der Waals surface area contributed by atoms with Crippen molar-refractivity contribution in [2.75, 3.05) is 6.61 Å². The molecule has 0 bridgehead atoms. The molecule has 3 heteroatoms. The first-order chi connectivity index (χ1) is 3.18. The molecule has 0 heterocycles. The standard InChI is InChI=1S/C4H8NO2/c1-3(5)4(7)2-6/h3,5-6H,2H2,1H3. The van der Waals surface area contributed by atoms with Gasteiger partial charge in [-0.05, 0) is 6.92 Å². The third-order valence-corrected chi connectivity index (χ3v) is 0.639. The van der Waals surface area contributed by atoms with Gasteiger partial charge in [-0.1, -0.05) is 0 Å². The summed E-state index contributed by atoms with van der Waals surface area (Å²) in [5.74, 6) is -0.431. The van der Waals surface area contributed by atoms with Gasteiger partial charge in [0.1, 0.15) is 6.61 Å². The topological polar surface area (TPSA) is 61.1 Å². The maximum atomic E-state index is 10.1. The SMILES string of the molecule is CC([NH])C(=O)CO. The van der Waals surface area contributed by atoms with Gasteiger partial charge in [-0.2, -0.15) is 0 Å². The van der Waals surface area contributed by atoms with Gasteiger partial charge in [-0.25, -0.2) is 5.73 Å². The first-order valence-electron chi connectivity index (χ1n) is 2.03. The second kappa shape index (κ2) is 2.71. The quantitative estimate of drug-likeness (QED) is 0.497. The summed E-state index contributed by atoms with van der Waals surface area (Å²) in [4.78, 5) is 10.1. The minimum Gasteiger partial charge on any atom is -0.389 e. The molecule has 1 atom stereocenters. The zero-order valence-corrected chi connectivity index (χ0v) is 4.14. The molecule has 0 saturated carbocycles. The molecule has 0 aromatic heterocycles. The normalized spacial score (nSPS) is 13.6. The third-order valence-electron chi connectivity index (χ3n) is 0.639. The van der Waals surface area contributed by atoms with Crippen molar-refractivity contribution in [1.82, 2.24) is 5.73 Å². The van der Waals surface area contributed by atoms with Crippen LogP contribution in [0.25, 0.3) is 0 Å². The van der Waals surface area contributed by atoms with Crippen LogP contribution in [0.15, 0.2) is 0 Å². The highest BCUT2D eigenvalue weighted by atomic mass is 16.3. The molecule has 3 nitrogen and oxygen atoms in total. The van der Waals surface area contributed by atoms with Crippen molar-refractivity contribution in [1.29, 1.82) is 0 Å². The fourth-order valence-electron chi connectivity index (χ4n) is 0.137. The number of rotatable bonds is 2. The van der Waals surface area contributed by atoms with Crippen molar-refractivity contribution in [2.45, 2.75) is 13.0 Å². The first-order valence-corrected chi connectivity index (χ1v) is 2.03. The number of carbonyl (C=O) groups excluding carboxylic acids is 1. The minimum absolute atomic E-state index is 0.431. The molecule has 0 fully saturated rings. The number of hydrogen-bond acceptors (Lipinski definition) is 2. The van der Waals surface area contributed by atoms with E-state index in [0.717, 1.165) is 0 Å². The van der Waals surface area contributed by atoms with Crippen LogP contribution in [0, 0.1) is 0 Å². The average molecular weight is 102 g/mol.